The van der Waals surface area contributed by atoms with Crippen LogP contribution in [-0.4, -0.2) is 63.2 Å². The lowest BCUT2D eigenvalue weighted by Gasteiger charge is -2.40. The van der Waals surface area contributed by atoms with Gasteiger partial charge >= 0.3 is 12.1 Å². The van der Waals surface area contributed by atoms with Gasteiger partial charge in [-0.1, -0.05) is 24.3 Å². The highest BCUT2D eigenvalue weighted by molar-refractivity contribution is 7.80. The van der Waals surface area contributed by atoms with Crippen LogP contribution in [0.2, 0.25) is 0 Å². The molecule has 9 nitrogen and oxygen atoms in total. The lowest BCUT2D eigenvalue weighted by atomic mass is 9.89. The van der Waals surface area contributed by atoms with E-state index in [1.165, 1.54) is 4.90 Å². The molecule has 2 aromatic rings. The van der Waals surface area contributed by atoms with Crippen molar-refractivity contribution in [3.63, 3.8) is 0 Å². The predicted octanol–water partition coefficient (Wildman–Crippen LogP) is 3.67. The molecule has 0 aliphatic carbocycles. The number of ether oxygens (including phenoxy) is 2. The summed E-state index contributed by atoms with van der Waals surface area (Å²) in [5, 5.41) is 9.95. The van der Waals surface area contributed by atoms with Gasteiger partial charge in [-0.2, -0.15) is 0 Å². The van der Waals surface area contributed by atoms with Gasteiger partial charge in [-0.15, -0.1) is 0 Å². The van der Waals surface area contributed by atoms with Gasteiger partial charge in [0, 0.05) is 30.0 Å². The van der Waals surface area contributed by atoms with Crippen LogP contribution in [0.25, 0.3) is 11.1 Å². The Hall–Kier alpha value is -3.11. The van der Waals surface area contributed by atoms with Crippen molar-refractivity contribution in [1.82, 2.24) is 4.90 Å². The van der Waals surface area contributed by atoms with Gasteiger partial charge in [0.15, 0.2) is 0 Å². The van der Waals surface area contributed by atoms with Crippen LogP contribution in [0.1, 0.15) is 26.7 Å². The van der Waals surface area contributed by atoms with E-state index in [0.717, 1.165) is 21.2 Å². The number of methoxy groups -OCH3 is 1. The van der Waals surface area contributed by atoms with Gasteiger partial charge in [0.05, 0.1) is 13.2 Å². The number of carbonyl (C=O) groups excluding carboxylic acids is 1. The molecule has 1 fully saturated rings. The van der Waals surface area contributed by atoms with E-state index in [1.54, 1.807) is 45.2 Å². The lowest BCUT2D eigenvalue weighted by Crippen LogP contribution is -2.51. The number of carboxylic acid groups (broad SMARTS) is 1. The molecule has 1 saturated heterocycles. The third kappa shape index (κ3) is 6.06. The minimum atomic E-state index is -2.81. The highest BCUT2D eigenvalue weighted by atomic mass is 32.2. The number of nitrogens with zero attached hydrogens (tertiary/aromatic N) is 2. The normalized spacial score (nSPS) is 16.1. The average Bonchev–Trinajstić information content (AvgIpc) is 2.82. The third-order valence-electron chi connectivity index (χ3n) is 5.79. The van der Waals surface area contributed by atoms with Crippen molar-refractivity contribution >= 4 is 29.0 Å². The Bertz CT molecular complexity index is 1000. The lowest BCUT2D eigenvalue weighted by molar-refractivity contribution is -0.140. The summed E-state index contributed by atoms with van der Waals surface area (Å²) in [5.74, 6) is -0.965. The van der Waals surface area contributed by atoms with E-state index in [4.69, 9.17) is 9.47 Å². The van der Waals surface area contributed by atoms with Crippen molar-refractivity contribution in [3.8, 4) is 16.9 Å². The van der Waals surface area contributed by atoms with Crippen molar-refractivity contribution < 1.29 is 32.9 Å². The summed E-state index contributed by atoms with van der Waals surface area (Å²) in [5.41, 5.74) is 2.03. The molecule has 2 aromatic carbocycles. The van der Waals surface area contributed by atoms with Crippen molar-refractivity contribution in [3.05, 3.63) is 48.5 Å². The summed E-state index contributed by atoms with van der Waals surface area (Å²) in [6.07, 6.45) is -0.00111. The van der Waals surface area contributed by atoms with Crippen LogP contribution >= 0.6 is 0 Å². The van der Waals surface area contributed by atoms with E-state index in [0.29, 0.717) is 25.9 Å². The number of rotatable bonds is 8. The van der Waals surface area contributed by atoms with Crippen LogP contribution in [0, 0.1) is 5.92 Å². The minimum Gasteiger partial charge on any atom is -0.755 e. The molecule has 1 N–H and O–H groups in total. The number of anilines is 1. The zero-order chi connectivity index (χ0) is 24.8. The number of benzene rings is 2. The number of carboxylic acids is 1. The van der Waals surface area contributed by atoms with Gasteiger partial charge in [-0.25, -0.2) is 9.59 Å². The van der Waals surface area contributed by atoms with E-state index in [1.807, 2.05) is 24.3 Å². The average molecular weight is 490 g/mol. The Morgan fingerprint density at radius 3 is 2.03 bits per heavy atom. The summed E-state index contributed by atoms with van der Waals surface area (Å²) < 4.78 is 35.6. The topological polar surface area (TPSA) is 119 Å². The fraction of sp³-hybridized carbons (Fsp3) is 0.417. The van der Waals surface area contributed by atoms with Gasteiger partial charge in [0.1, 0.15) is 11.8 Å². The predicted molar refractivity (Wildman–Crippen MR) is 127 cm³/mol. The molecular formula is C24H29N2O7S-. The van der Waals surface area contributed by atoms with Crippen molar-refractivity contribution in [2.75, 3.05) is 24.5 Å². The Balaban J connectivity index is 1.78. The molecule has 0 bridgehead atoms. The molecule has 34 heavy (non-hydrogen) atoms. The Morgan fingerprint density at radius 1 is 1.06 bits per heavy atom. The first-order valence-corrected chi connectivity index (χ1v) is 12.1. The number of carbonyl (C=O) groups is 2. The van der Waals surface area contributed by atoms with Gasteiger partial charge < -0.3 is 24.0 Å². The smallest absolute Gasteiger partial charge is 0.410 e. The number of hydrogen-bond acceptors (Lipinski definition) is 6. The molecule has 0 spiro atoms. The molecule has 1 amide bonds. The van der Waals surface area contributed by atoms with Crippen molar-refractivity contribution in [2.45, 2.75) is 38.8 Å². The van der Waals surface area contributed by atoms with E-state index in [2.05, 4.69) is 0 Å². The first-order valence-electron chi connectivity index (χ1n) is 11.0. The maximum Gasteiger partial charge on any atom is 0.410 e. The molecule has 2 unspecified atom stereocenters. The third-order valence-corrected chi connectivity index (χ3v) is 6.55. The second kappa shape index (κ2) is 11.3. The van der Waals surface area contributed by atoms with E-state index in [9.17, 15) is 23.5 Å². The zero-order valence-electron chi connectivity index (χ0n) is 19.4. The summed E-state index contributed by atoms with van der Waals surface area (Å²) in [7, 11) is 1.58. The summed E-state index contributed by atoms with van der Waals surface area (Å²) in [6, 6.07) is 12.8. The molecule has 10 heteroatoms. The minimum absolute atomic E-state index is 0.253. The summed E-state index contributed by atoms with van der Waals surface area (Å²) in [4.78, 5) is 25.9. The number of amides is 1. The molecule has 1 aliphatic heterocycles. The molecule has 0 aromatic heterocycles. The standard InChI is InChI=1S/C24H30N2O7S/c1-16(2)33-24(29)25-14-12-19(13-15-25)22(23(27)28)26(34(30)31)20-8-4-17(5-9-20)18-6-10-21(32-3)11-7-18/h4-11,16,19,22H,12-15H2,1-3H3,(H,27,28)(H,30,31)/p-1. The van der Waals surface area contributed by atoms with E-state index >= 15 is 0 Å². The largest absolute Gasteiger partial charge is 0.755 e. The highest BCUT2D eigenvalue weighted by Gasteiger charge is 2.38. The quantitative estimate of drug-likeness (QED) is 0.562. The van der Waals surface area contributed by atoms with Crippen molar-refractivity contribution in [1.29, 1.82) is 0 Å². The first kappa shape index (κ1) is 25.5. The number of piperidine rings is 1. The maximum absolute atomic E-state index is 12.2. The SMILES string of the molecule is COc1ccc(-c2ccc(N(C(C(=O)O)C3CCN(C(=O)OC(C)C)CC3)S(=O)[O-])cc2)cc1. The number of aliphatic carboxylic acids is 1. The van der Waals surface area contributed by atoms with Gasteiger partial charge in [-0.3, -0.25) is 8.51 Å². The highest BCUT2D eigenvalue weighted by Crippen LogP contribution is 2.31. The van der Waals surface area contributed by atoms with Gasteiger partial charge in [-0.05, 0) is 68.0 Å². The summed E-state index contributed by atoms with van der Waals surface area (Å²) in [6.45, 7) is 4.12. The van der Waals surface area contributed by atoms with E-state index in [-0.39, 0.29) is 11.8 Å². The molecule has 1 aliphatic rings. The molecule has 0 radical (unpaired) electrons. The number of hydrogen-bond donors (Lipinski definition) is 1. The maximum atomic E-state index is 12.2. The second-order valence-corrected chi connectivity index (χ2v) is 9.19. The number of likely N-dealkylation sites (tertiary alicyclic amines) is 1. The van der Waals surface area contributed by atoms with Crippen LogP contribution < -0.4 is 9.04 Å². The molecule has 184 valence electrons. The van der Waals surface area contributed by atoms with Crippen LogP contribution in [0.3, 0.4) is 0 Å². The Labute approximate surface area is 201 Å². The van der Waals surface area contributed by atoms with Gasteiger partial charge in [0.2, 0.25) is 0 Å². The first-order chi connectivity index (χ1) is 16.2. The van der Waals surface area contributed by atoms with Crippen LogP contribution in [0.5, 0.6) is 5.75 Å². The molecule has 1 heterocycles. The molecular weight excluding hydrogens is 460 g/mol. The Kier molecular flexibility index (Phi) is 8.51. The van der Waals surface area contributed by atoms with Crippen LogP contribution in [0.4, 0.5) is 10.5 Å². The Morgan fingerprint density at radius 2 is 1.59 bits per heavy atom. The molecule has 3 rings (SSSR count). The zero-order valence-corrected chi connectivity index (χ0v) is 20.2. The second-order valence-electron chi connectivity index (χ2n) is 8.36. The van der Waals surface area contributed by atoms with E-state index < -0.39 is 35.3 Å². The fourth-order valence-electron chi connectivity index (χ4n) is 4.09. The van der Waals surface area contributed by atoms with Crippen molar-refractivity contribution in [2.24, 2.45) is 5.92 Å². The molecule has 2 atom stereocenters. The van der Waals surface area contributed by atoms with Crippen LogP contribution in [-0.2, 0) is 20.8 Å². The summed E-state index contributed by atoms with van der Waals surface area (Å²) >= 11 is -2.81. The van der Waals surface area contributed by atoms with Crippen LogP contribution in [0.15, 0.2) is 48.5 Å². The fourth-order valence-corrected chi connectivity index (χ4v) is 4.83. The monoisotopic (exact) mass is 489 g/mol. The van der Waals surface area contributed by atoms with Gasteiger partial charge in [0.25, 0.3) is 0 Å². The molecule has 0 saturated carbocycles.